The van der Waals surface area contributed by atoms with E-state index >= 15 is 0 Å². The second kappa shape index (κ2) is 6.36. The summed E-state index contributed by atoms with van der Waals surface area (Å²) in [6, 6.07) is 8.67. The summed E-state index contributed by atoms with van der Waals surface area (Å²) in [5.74, 6) is -0.143. The van der Waals surface area contributed by atoms with Gasteiger partial charge in [0.25, 0.3) is 0 Å². The third-order valence-electron chi connectivity index (χ3n) is 2.94. The molecule has 7 heteroatoms. The number of hydrogen-bond acceptors (Lipinski definition) is 6. The Morgan fingerprint density at radius 2 is 1.90 bits per heavy atom. The van der Waals surface area contributed by atoms with Crippen molar-refractivity contribution >= 4 is 9.84 Å². The number of nitrogens with zero attached hydrogens (tertiary/aromatic N) is 2. The summed E-state index contributed by atoms with van der Waals surface area (Å²) in [5, 5.41) is 13.7. The van der Waals surface area contributed by atoms with Gasteiger partial charge >= 0.3 is 0 Å². The van der Waals surface area contributed by atoms with E-state index in [1.807, 2.05) is 13.8 Å². The van der Waals surface area contributed by atoms with E-state index in [-0.39, 0.29) is 23.3 Å². The lowest BCUT2D eigenvalue weighted by Crippen LogP contribution is -2.16. The van der Waals surface area contributed by atoms with Crippen LogP contribution in [0.25, 0.3) is 0 Å². The van der Waals surface area contributed by atoms with Crippen LogP contribution in [0.5, 0.6) is 0 Å². The second-order valence-corrected chi connectivity index (χ2v) is 7.29. The van der Waals surface area contributed by atoms with Gasteiger partial charge in [0.15, 0.2) is 15.7 Å². The summed E-state index contributed by atoms with van der Waals surface area (Å²) in [6.07, 6.45) is -1.07. The van der Waals surface area contributed by atoms with Crippen molar-refractivity contribution in [2.45, 2.75) is 31.6 Å². The molecule has 0 spiro atoms. The average molecular weight is 310 g/mol. The zero-order chi connectivity index (χ0) is 15.5. The van der Waals surface area contributed by atoms with Crippen molar-refractivity contribution in [1.82, 2.24) is 10.1 Å². The van der Waals surface area contributed by atoms with Crippen LogP contribution in [0.15, 0.2) is 34.9 Å². The molecule has 0 bridgehead atoms. The van der Waals surface area contributed by atoms with E-state index in [0.717, 1.165) is 0 Å². The summed E-state index contributed by atoms with van der Waals surface area (Å²) in [4.78, 5) is 4.04. The lowest BCUT2D eigenvalue weighted by Gasteiger charge is -2.10. The molecule has 1 atom stereocenters. The molecule has 1 aromatic heterocycles. The van der Waals surface area contributed by atoms with Gasteiger partial charge in [0.1, 0.15) is 5.75 Å². The predicted octanol–water partition coefficient (Wildman–Crippen LogP) is 1.84. The van der Waals surface area contributed by atoms with E-state index in [9.17, 15) is 13.5 Å². The summed E-state index contributed by atoms with van der Waals surface area (Å²) < 4.78 is 29.1. The van der Waals surface area contributed by atoms with Gasteiger partial charge in [-0.2, -0.15) is 4.98 Å². The number of sulfone groups is 1. The Morgan fingerprint density at radius 3 is 2.48 bits per heavy atom. The third kappa shape index (κ3) is 4.37. The minimum Gasteiger partial charge on any atom is -0.387 e. The van der Waals surface area contributed by atoms with E-state index in [4.69, 9.17) is 4.52 Å². The molecule has 2 aromatic rings. The minimum absolute atomic E-state index is 0.0546. The van der Waals surface area contributed by atoms with Crippen LogP contribution in [-0.2, 0) is 15.6 Å². The highest BCUT2D eigenvalue weighted by Crippen LogP contribution is 2.17. The Labute approximate surface area is 123 Å². The highest BCUT2D eigenvalue weighted by Gasteiger charge is 2.22. The number of benzene rings is 1. The number of aliphatic hydroxyl groups is 1. The van der Waals surface area contributed by atoms with E-state index in [1.165, 1.54) is 0 Å². The highest BCUT2D eigenvalue weighted by atomic mass is 32.2. The molecule has 0 saturated heterocycles. The normalized spacial score (nSPS) is 13.5. The molecule has 2 rings (SSSR count). The van der Waals surface area contributed by atoms with Crippen molar-refractivity contribution in [3.8, 4) is 0 Å². The average Bonchev–Trinajstić information content (AvgIpc) is 2.87. The Kier molecular flexibility index (Phi) is 4.74. The van der Waals surface area contributed by atoms with Crippen molar-refractivity contribution in [2.75, 3.05) is 5.75 Å². The Bertz CT molecular complexity index is 680. The lowest BCUT2D eigenvalue weighted by molar-refractivity contribution is 0.201. The van der Waals surface area contributed by atoms with Crippen molar-refractivity contribution in [3.05, 3.63) is 47.6 Å². The first kappa shape index (κ1) is 15.7. The van der Waals surface area contributed by atoms with E-state index in [1.54, 1.807) is 30.3 Å². The molecule has 0 aliphatic rings. The summed E-state index contributed by atoms with van der Waals surface area (Å²) in [7, 11) is -3.54. The maximum absolute atomic E-state index is 12.1. The summed E-state index contributed by atoms with van der Waals surface area (Å²) in [6.45, 7) is 3.78. The first-order valence-electron chi connectivity index (χ1n) is 6.63. The number of aliphatic hydroxyl groups excluding tert-OH is 1. The third-order valence-corrected chi connectivity index (χ3v) is 4.45. The molecular weight excluding hydrogens is 292 g/mol. The zero-order valence-electron chi connectivity index (χ0n) is 11.9. The fourth-order valence-electron chi connectivity index (χ4n) is 1.82. The molecule has 6 nitrogen and oxygen atoms in total. The molecule has 0 amide bonds. The van der Waals surface area contributed by atoms with Crippen LogP contribution < -0.4 is 0 Å². The van der Waals surface area contributed by atoms with Crippen LogP contribution >= 0.6 is 0 Å². The molecule has 0 radical (unpaired) electrons. The maximum Gasteiger partial charge on any atom is 0.241 e. The van der Waals surface area contributed by atoms with Crippen molar-refractivity contribution in [3.63, 3.8) is 0 Å². The fraction of sp³-hybridized carbons (Fsp3) is 0.429. The standard InChI is InChI=1S/C14H18N2O4S/c1-10(2)14-15-13(20-16-14)9-21(18,19)8-12(17)11-6-4-3-5-7-11/h3-7,10,12,17H,8-9H2,1-2H3/t12-/m1/s1. The Morgan fingerprint density at radius 1 is 1.24 bits per heavy atom. The molecule has 0 unspecified atom stereocenters. The SMILES string of the molecule is CC(C)c1noc(CS(=O)(=O)C[C@@H](O)c2ccccc2)n1. The van der Waals surface area contributed by atoms with Gasteiger partial charge in [0.2, 0.25) is 5.89 Å². The Hall–Kier alpha value is -1.73. The number of rotatable bonds is 6. The maximum atomic E-state index is 12.1. The van der Waals surface area contributed by atoms with Crippen molar-refractivity contribution < 1.29 is 18.0 Å². The fourth-order valence-corrected chi connectivity index (χ4v) is 3.11. The van der Waals surface area contributed by atoms with Gasteiger partial charge in [-0.05, 0) is 5.56 Å². The first-order chi connectivity index (χ1) is 9.87. The van der Waals surface area contributed by atoms with E-state index in [0.29, 0.717) is 11.4 Å². The predicted molar refractivity (Wildman–Crippen MR) is 77.3 cm³/mol. The molecule has 0 aliphatic heterocycles. The quantitative estimate of drug-likeness (QED) is 0.875. The molecule has 21 heavy (non-hydrogen) atoms. The van der Waals surface area contributed by atoms with Crippen LogP contribution in [0.3, 0.4) is 0 Å². The molecule has 114 valence electrons. The van der Waals surface area contributed by atoms with Gasteiger partial charge in [-0.3, -0.25) is 0 Å². The molecule has 1 heterocycles. The van der Waals surface area contributed by atoms with Gasteiger partial charge in [-0.1, -0.05) is 49.3 Å². The molecule has 1 N–H and O–H groups in total. The van der Waals surface area contributed by atoms with Crippen molar-refractivity contribution in [2.24, 2.45) is 0 Å². The number of hydrogen-bond donors (Lipinski definition) is 1. The van der Waals surface area contributed by atoms with Gasteiger partial charge in [-0.15, -0.1) is 0 Å². The second-order valence-electron chi connectivity index (χ2n) is 5.18. The molecule has 0 saturated carbocycles. The zero-order valence-corrected chi connectivity index (χ0v) is 12.7. The smallest absolute Gasteiger partial charge is 0.241 e. The molecule has 0 fully saturated rings. The van der Waals surface area contributed by atoms with E-state index < -0.39 is 15.9 Å². The van der Waals surface area contributed by atoms with Gasteiger partial charge in [0.05, 0.1) is 11.9 Å². The van der Waals surface area contributed by atoms with Crippen LogP contribution in [-0.4, -0.2) is 29.4 Å². The van der Waals surface area contributed by atoms with Gasteiger partial charge in [0, 0.05) is 5.92 Å². The summed E-state index contributed by atoms with van der Waals surface area (Å²) >= 11 is 0. The highest BCUT2D eigenvalue weighted by molar-refractivity contribution is 7.90. The van der Waals surface area contributed by atoms with Gasteiger partial charge in [-0.25, -0.2) is 8.42 Å². The van der Waals surface area contributed by atoms with Crippen molar-refractivity contribution in [1.29, 1.82) is 0 Å². The van der Waals surface area contributed by atoms with Crippen LogP contribution in [0.2, 0.25) is 0 Å². The van der Waals surface area contributed by atoms with Crippen LogP contribution in [0.4, 0.5) is 0 Å². The first-order valence-corrected chi connectivity index (χ1v) is 8.45. The minimum atomic E-state index is -3.54. The lowest BCUT2D eigenvalue weighted by atomic mass is 10.1. The van der Waals surface area contributed by atoms with E-state index in [2.05, 4.69) is 10.1 Å². The summed E-state index contributed by atoms with van der Waals surface area (Å²) in [5.41, 5.74) is 0.564. The molecule has 0 aliphatic carbocycles. The largest absolute Gasteiger partial charge is 0.387 e. The molecular formula is C14H18N2O4S. The number of aromatic nitrogens is 2. The van der Waals surface area contributed by atoms with Gasteiger partial charge < -0.3 is 9.63 Å². The topological polar surface area (TPSA) is 93.3 Å². The molecule has 1 aromatic carbocycles. The van der Waals surface area contributed by atoms with Crippen LogP contribution in [0, 0.1) is 0 Å². The van der Waals surface area contributed by atoms with Crippen LogP contribution in [0.1, 0.15) is 43.1 Å². The Balaban J connectivity index is 2.04. The monoisotopic (exact) mass is 310 g/mol.